The number of nitrogens with zero attached hydrogens (tertiary/aromatic N) is 1. The van der Waals surface area contributed by atoms with E-state index in [1.807, 2.05) is 4.90 Å². The Hall–Kier alpha value is -2.34. The molecular formula is C17H23N3O3. The Bertz CT molecular complexity index is 557. The lowest BCUT2D eigenvalue weighted by Gasteiger charge is -2.23. The zero-order valence-electron chi connectivity index (χ0n) is 13.4. The van der Waals surface area contributed by atoms with E-state index in [0.717, 1.165) is 30.8 Å². The second kappa shape index (κ2) is 8.33. The number of hydrogen-bond acceptors (Lipinski definition) is 4. The van der Waals surface area contributed by atoms with Crippen LogP contribution in [0.4, 0.5) is 5.69 Å². The largest absolute Gasteiger partial charge is 0.497 e. The van der Waals surface area contributed by atoms with Crippen LogP contribution in [-0.4, -0.2) is 49.5 Å². The van der Waals surface area contributed by atoms with Crippen LogP contribution in [0.1, 0.15) is 12.8 Å². The molecule has 0 bridgehead atoms. The van der Waals surface area contributed by atoms with Crippen LogP contribution in [0.3, 0.4) is 0 Å². The maximum absolute atomic E-state index is 12.4. The van der Waals surface area contributed by atoms with E-state index in [2.05, 4.69) is 17.2 Å². The fourth-order valence-corrected chi connectivity index (χ4v) is 2.64. The van der Waals surface area contributed by atoms with Crippen molar-refractivity contribution in [1.29, 1.82) is 0 Å². The van der Waals surface area contributed by atoms with Gasteiger partial charge in [-0.3, -0.25) is 14.5 Å². The van der Waals surface area contributed by atoms with E-state index in [0.29, 0.717) is 6.54 Å². The van der Waals surface area contributed by atoms with Crippen LogP contribution in [0, 0.1) is 0 Å². The van der Waals surface area contributed by atoms with Gasteiger partial charge < -0.3 is 15.4 Å². The number of hydrogen-bond donors (Lipinski definition) is 2. The molecule has 0 aliphatic carbocycles. The third-order valence-electron chi connectivity index (χ3n) is 3.81. The third-order valence-corrected chi connectivity index (χ3v) is 3.81. The first-order valence-corrected chi connectivity index (χ1v) is 7.70. The summed E-state index contributed by atoms with van der Waals surface area (Å²) >= 11 is 0. The maximum atomic E-state index is 12.4. The fraction of sp³-hybridized carbons (Fsp3) is 0.412. The number of carbonyl (C=O) groups is 2. The Morgan fingerprint density at radius 2 is 2.13 bits per heavy atom. The van der Waals surface area contributed by atoms with E-state index in [4.69, 9.17) is 4.74 Å². The first kappa shape index (κ1) is 17.0. The van der Waals surface area contributed by atoms with Crippen molar-refractivity contribution in [3.63, 3.8) is 0 Å². The van der Waals surface area contributed by atoms with Crippen molar-refractivity contribution in [3.8, 4) is 5.75 Å². The molecule has 1 atom stereocenters. The topological polar surface area (TPSA) is 70.7 Å². The van der Waals surface area contributed by atoms with Gasteiger partial charge >= 0.3 is 0 Å². The summed E-state index contributed by atoms with van der Waals surface area (Å²) in [5.74, 6) is 0.572. The number of benzene rings is 1. The zero-order valence-corrected chi connectivity index (χ0v) is 13.4. The average molecular weight is 317 g/mol. The van der Waals surface area contributed by atoms with Crippen LogP contribution in [0.15, 0.2) is 36.9 Å². The molecule has 1 aliphatic heterocycles. The number of rotatable bonds is 7. The molecule has 0 aromatic heterocycles. The predicted octanol–water partition coefficient (Wildman–Crippen LogP) is 1.40. The Kier molecular flexibility index (Phi) is 6.17. The second-order valence-corrected chi connectivity index (χ2v) is 5.44. The van der Waals surface area contributed by atoms with E-state index in [-0.39, 0.29) is 24.4 Å². The molecule has 1 aliphatic rings. The highest BCUT2D eigenvalue weighted by Gasteiger charge is 2.31. The predicted molar refractivity (Wildman–Crippen MR) is 89.4 cm³/mol. The highest BCUT2D eigenvalue weighted by atomic mass is 16.5. The van der Waals surface area contributed by atoms with Crippen LogP contribution in [-0.2, 0) is 9.59 Å². The highest BCUT2D eigenvalue weighted by Crippen LogP contribution is 2.20. The minimum atomic E-state index is -0.272. The van der Waals surface area contributed by atoms with Crippen LogP contribution in [0.2, 0.25) is 0 Å². The number of methoxy groups -OCH3 is 1. The number of carbonyl (C=O) groups excluding carboxylic acids is 2. The van der Waals surface area contributed by atoms with E-state index in [1.54, 1.807) is 37.5 Å². The molecule has 0 spiro atoms. The fourth-order valence-electron chi connectivity index (χ4n) is 2.64. The molecule has 1 saturated heterocycles. The normalized spacial score (nSPS) is 17.5. The first-order valence-electron chi connectivity index (χ1n) is 7.70. The molecule has 1 fully saturated rings. The smallest absolute Gasteiger partial charge is 0.241 e. The minimum absolute atomic E-state index is 0.0795. The number of nitrogens with one attached hydrogen (secondary N) is 2. The van der Waals surface area contributed by atoms with Crippen LogP contribution in [0.25, 0.3) is 0 Å². The van der Waals surface area contributed by atoms with Gasteiger partial charge in [0.05, 0.1) is 19.7 Å². The average Bonchev–Trinajstić information content (AvgIpc) is 3.01. The van der Waals surface area contributed by atoms with Crippen molar-refractivity contribution in [2.45, 2.75) is 18.9 Å². The van der Waals surface area contributed by atoms with E-state index < -0.39 is 0 Å². The van der Waals surface area contributed by atoms with Crippen molar-refractivity contribution in [3.05, 3.63) is 36.9 Å². The maximum Gasteiger partial charge on any atom is 0.241 e. The lowest BCUT2D eigenvalue weighted by molar-refractivity contribution is -0.124. The Morgan fingerprint density at radius 3 is 2.78 bits per heavy atom. The summed E-state index contributed by atoms with van der Waals surface area (Å²) < 4.78 is 5.09. The molecule has 6 nitrogen and oxygen atoms in total. The van der Waals surface area contributed by atoms with Crippen molar-refractivity contribution in [2.24, 2.45) is 0 Å². The van der Waals surface area contributed by atoms with Crippen molar-refractivity contribution in [2.75, 3.05) is 32.1 Å². The standard InChI is InChI=1S/C17H23N3O3/c1-3-10-18-16(21)12-20-11-4-5-15(20)17(22)19-13-6-8-14(23-2)9-7-13/h3,6-9,15H,1,4-5,10-12H2,2H3,(H,18,21)(H,19,22). The van der Waals surface area contributed by atoms with Crippen LogP contribution < -0.4 is 15.4 Å². The lowest BCUT2D eigenvalue weighted by Crippen LogP contribution is -2.44. The van der Waals surface area contributed by atoms with E-state index >= 15 is 0 Å². The van der Waals surface area contributed by atoms with Gasteiger partial charge in [0.1, 0.15) is 5.75 Å². The van der Waals surface area contributed by atoms with Crippen LogP contribution in [0.5, 0.6) is 5.75 Å². The molecule has 1 aromatic carbocycles. The van der Waals surface area contributed by atoms with Gasteiger partial charge in [-0.15, -0.1) is 6.58 Å². The number of ether oxygens (including phenoxy) is 1. The summed E-state index contributed by atoms with van der Waals surface area (Å²) in [5, 5.41) is 5.63. The lowest BCUT2D eigenvalue weighted by atomic mass is 10.2. The molecular weight excluding hydrogens is 294 g/mol. The summed E-state index contributed by atoms with van der Waals surface area (Å²) in [6.45, 7) is 4.99. The Balaban J connectivity index is 1.91. The van der Waals surface area contributed by atoms with Gasteiger partial charge in [0.15, 0.2) is 0 Å². The van der Waals surface area contributed by atoms with E-state index in [9.17, 15) is 9.59 Å². The first-order chi connectivity index (χ1) is 11.1. The summed E-state index contributed by atoms with van der Waals surface area (Å²) in [4.78, 5) is 26.2. The SMILES string of the molecule is C=CCNC(=O)CN1CCCC1C(=O)Nc1ccc(OC)cc1. The molecule has 2 rings (SSSR count). The van der Waals surface area contributed by atoms with Gasteiger partial charge in [-0.25, -0.2) is 0 Å². The molecule has 1 unspecified atom stereocenters. The summed E-state index contributed by atoms with van der Waals surface area (Å²) in [7, 11) is 1.60. The minimum Gasteiger partial charge on any atom is -0.497 e. The number of amides is 2. The summed E-state index contributed by atoms with van der Waals surface area (Å²) in [5.41, 5.74) is 0.721. The summed E-state index contributed by atoms with van der Waals surface area (Å²) in [6.07, 6.45) is 3.31. The highest BCUT2D eigenvalue weighted by molar-refractivity contribution is 5.95. The van der Waals surface area contributed by atoms with Crippen molar-refractivity contribution < 1.29 is 14.3 Å². The van der Waals surface area contributed by atoms with Gasteiger partial charge in [-0.05, 0) is 43.7 Å². The summed E-state index contributed by atoms with van der Waals surface area (Å²) in [6, 6.07) is 6.92. The third kappa shape index (κ3) is 4.82. The van der Waals surface area contributed by atoms with Crippen molar-refractivity contribution in [1.82, 2.24) is 10.2 Å². The van der Waals surface area contributed by atoms with Gasteiger partial charge in [-0.1, -0.05) is 6.08 Å². The zero-order chi connectivity index (χ0) is 16.7. The molecule has 0 saturated carbocycles. The molecule has 6 heteroatoms. The van der Waals surface area contributed by atoms with Crippen LogP contribution >= 0.6 is 0 Å². The van der Waals surface area contributed by atoms with E-state index in [1.165, 1.54) is 0 Å². The molecule has 0 radical (unpaired) electrons. The Labute approximate surface area is 136 Å². The van der Waals surface area contributed by atoms with Gasteiger partial charge in [-0.2, -0.15) is 0 Å². The molecule has 2 N–H and O–H groups in total. The number of anilines is 1. The number of likely N-dealkylation sites (tertiary alicyclic amines) is 1. The van der Waals surface area contributed by atoms with Gasteiger partial charge in [0.2, 0.25) is 11.8 Å². The molecule has 2 amide bonds. The van der Waals surface area contributed by atoms with Gasteiger partial charge in [0, 0.05) is 12.2 Å². The van der Waals surface area contributed by atoms with Crippen molar-refractivity contribution >= 4 is 17.5 Å². The monoisotopic (exact) mass is 317 g/mol. The molecule has 124 valence electrons. The molecule has 1 aromatic rings. The Morgan fingerprint density at radius 1 is 1.39 bits per heavy atom. The quantitative estimate of drug-likeness (QED) is 0.746. The molecule has 23 heavy (non-hydrogen) atoms. The van der Waals surface area contributed by atoms with Gasteiger partial charge in [0.25, 0.3) is 0 Å². The second-order valence-electron chi connectivity index (χ2n) is 5.44. The molecule has 1 heterocycles.